The van der Waals surface area contributed by atoms with Crippen molar-refractivity contribution >= 4 is 29.7 Å². The van der Waals surface area contributed by atoms with Crippen LogP contribution in [-0.2, 0) is 11.3 Å². The van der Waals surface area contributed by atoms with E-state index in [4.69, 9.17) is 0 Å². The standard InChI is InChI=1S/C13H20N2OS.ClH/c1-3-9-15(11-12-6-5-10-17-12)13(16)7-4-8-14-2;/h3,5-6,10,14H,1,4,7-9,11H2,2H3;1H. The van der Waals surface area contributed by atoms with Crippen LogP contribution in [0, 0.1) is 0 Å². The van der Waals surface area contributed by atoms with Gasteiger partial charge in [-0.1, -0.05) is 12.1 Å². The molecule has 102 valence electrons. The van der Waals surface area contributed by atoms with Crippen LogP contribution < -0.4 is 5.32 Å². The van der Waals surface area contributed by atoms with Gasteiger partial charge in [0.25, 0.3) is 0 Å². The van der Waals surface area contributed by atoms with Crippen LogP contribution in [0.15, 0.2) is 30.2 Å². The molecule has 1 aromatic heterocycles. The fourth-order valence-electron chi connectivity index (χ4n) is 1.58. The average molecular weight is 289 g/mol. The summed E-state index contributed by atoms with van der Waals surface area (Å²) in [5.74, 6) is 0.202. The van der Waals surface area contributed by atoms with Crippen LogP contribution in [0.3, 0.4) is 0 Å². The molecule has 1 aromatic rings. The van der Waals surface area contributed by atoms with Crippen LogP contribution in [0.1, 0.15) is 17.7 Å². The lowest BCUT2D eigenvalue weighted by Crippen LogP contribution is -2.30. The second-order valence-corrected chi connectivity index (χ2v) is 4.88. The molecular weight excluding hydrogens is 268 g/mol. The first kappa shape index (κ1) is 17.2. The number of rotatable bonds is 8. The van der Waals surface area contributed by atoms with E-state index >= 15 is 0 Å². The van der Waals surface area contributed by atoms with Crippen molar-refractivity contribution in [2.24, 2.45) is 0 Å². The first-order chi connectivity index (χ1) is 8.27. The molecule has 1 N–H and O–H groups in total. The minimum Gasteiger partial charge on any atom is -0.334 e. The second-order valence-electron chi connectivity index (χ2n) is 3.85. The second kappa shape index (κ2) is 10.1. The SMILES string of the molecule is C=CCN(Cc1cccs1)C(=O)CCCNC.Cl. The van der Waals surface area contributed by atoms with E-state index in [0.29, 0.717) is 19.5 Å². The van der Waals surface area contributed by atoms with E-state index < -0.39 is 0 Å². The third-order valence-electron chi connectivity index (χ3n) is 2.45. The van der Waals surface area contributed by atoms with Gasteiger partial charge in [0.15, 0.2) is 0 Å². The van der Waals surface area contributed by atoms with Gasteiger partial charge in [0.2, 0.25) is 5.91 Å². The van der Waals surface area contributed by atoms with Gasteiger partial charge >= 0.3 is 0 Å². The van der Waals surface area contributed by atoms with E-state index in [1.165, 1.54) is 4.88 Å². The maximum Gasteiger partial charge on any atom is 0.223 e. The molecule has 0 unspecified atom stereocenters. The van der Waals surface area contributed by atoms with Gasteiger partial charge in [0.05, 0.1) is 6.54 Å². The summed E-state index contributed by atoms with van der Waals surface area (Å²) >= 11 is 1.68. The zero-order chi connectivity index (χ0) is 12.5. The maximum atomic E-state index is 12.0. The lowest BCUT2D eigenvalue weighted by Gasteiger charge is -2.20. The number of thiophene rings is 1. The number of nitrogens with one attached hydrogen (secondary N) is 1. The lowest BCUT2D eigenvalue weighted by molar-refractivity contribution is -0.131. The van der Waals surface area contributed by atoms with Gasteiger partial charge in [0, 0.05) is 17.8 Å². The number of amides is 1. The highest BCUT2D eigenvalue weighted by molar-refractivity contribution is 7.09. The molecule has 5 heteroatoms. The highest BCUT2D eigenvalue weighted by Gasteiger charge is 2.12. The van der Waals surface area contributed by atoms with Crippen molar-refractivity contribution < 1.29 is 4.79 Å². The first-order valence-corrected chi connectivity index (χ1v) is 6.71. The predicted molar refractivity (Wildman–Crippen MR) is 80.3 cm³/mol. The quantitative estimate of drug-likeness (QED) is 0.589. The Morgan fingerprint density at radius 1 is 1.61 bits per heavy atom. The Hall–Kier alpha value is -0.840. The third-order valence-corrected chi connectivity index (χ3v) is 3.31. The molecule has 0 aliphatic heterocycles. The Kier molecular flexibility index (Phi) is 9.64. The van der Waals surface area contributed by atoms with Crippen LogP contribution in [0.2, 0.25) is 0 Å². The monoisotopic (exact) mass is 288 g/mol. The number of halogens is 1. The van der Waals surface area contributed by atoms with Crippen LogP contribution >= 0.6 is 23.7 Å². The molecule has 0 aliphatic carbocycles. The normalized spacial score (nSPS) is 9.61. The van der Waals surface area contributed by atoms with Gasteiger partial charge in [-0.15, -0.1) is 30.3 Å². The summed E-state index contributed by atoms with van der Waals surface area (Å²) in [7, 11) is 1.90. The van der Waals surface area contributed by atoms with Crippen LogP contribution in [0.4, 0.5) is 0 Å². The molecule has 1 rings (SSSR count). The van der Waals surface area contributed by atoms with Crippen molar-refractivity contribution in [1.82, 2.24) is 10.2 Å². The van der Waals surface area contributed by atoms with E-state index in [0.717, 1.165) is 13.0 Å². The Labute approximate surface area is 119 Å². The van der Waals surface area contributed by atoms with Crippen molar-refractivity contribution in [3.63, 3.8) is 0 Å². The number of hydrogen-bond acceptors (Lipinski definition) is 3. The number of carbonyl (C=O) groups is 1. The highest BCUT2D eigenvalue weighted by Crippen LogP contribution is 2.13. The van der Waals surface area contributed by atoms with Gasteiger partial charge in [-0.2, -0.15) is 0 Å². The molecule has 0 bridgehead atoms. The van der Waals surface area contributed by atoms with Gasteiger partial charge in [0.1, 0.15) is 0 Å². The van der Waals surface area contributed by atoms with E-state index in [2.05, 4.69) is 18.0 Å². The fraction of sp³-hybridized carbons (Fsp3) is 0.462. The Balaban J connectivity index is 0.00000289. The minimum atomic E-state index is 0. The van der Waals surface area contributed by atoms with Crippen molar-refractivity contribution in [2.75, 3.05) is 20.1 Å². The molecule has 1 heterocycles. The molecule has 0 aromatic carbocycles. The summed E-state index contributed by atoms with van der Waals surface area (Å²) in [6, 6.07) is 4.07. The zero-order valence-corrected chi connectivity index (χ0v) is 12.4. The molecule has 0 saturated heterocycles. The van der Waals surface area contributed by atoms with E-state index in [1.807, 2.05) is 23.4 Å². The van der Waals surface area contributed by atoms with Crippen LogP contribution in [-0.4, -0.2) is 30.9 Å². The van der Waals surface area contributed by atoms with Crippen LogP contribution in [0.5, 0.6) is 0 Å². The first-order valence-electron chi connectivity index (χ1n) is 5.83. The van der Waals surface area contributed by atoms with E-state index in [1.54, 1.807) is 17.4 Å². The van der Waals surface area contributed by atoms with Gasteiger partial charge < -0.3 is 10.2 Å². The lowest BCUT2D eigenvalue weighted by atomic mass is 10.2. The molecule has 0 fully saturated rings. The molecule has 0 radical (unpaired) electrons. The van der Waals surface area contributed by atoms with Gasteiger partial charge in [-0.3, -0.25) is 4.79 Å². The van der Waals surface area contributed by atoms with E-state index in [-0.39, 0.29) is 18.3 Å². The highest BCUT2D eigenvalue weighted by atomic mass is 35.5. The molecule has 3 nitrogen and oxygen atoms in total. The van der Waals surface area contributed by atoms with Crippen LogP contribution in [0.25, 0.3) is 0 Å². The maximum absolute atomic E-state index is 12.0. The molecule has 1 amide bonds. The molecule has 0 atom stereocenters. The zero-order valence-electron chi connectivity index (χ0n) is 10.7. The Morgan fingerprint density at radius 2 is 2.39 bits per heavy atom. The van der Waals surface area contributed by atoms with E-state index in [9.17, 15) is 4.79 Å². The van der Waals surface area contributed by atoms with Crippen molar-refractivity contribution in [3.8, 4) is 0 Å². The summed E-state index contributed by atoms with van der Waals surface area (Å²) in [6.45, 7) is 5.91. The summed E-state index contributed by atoms with van der Waals surface area (Å²) < 4.78 is 0. The summed E-state index contributed by atoms with van der Waals surface area (Å²) in [5.41, 5.74) is 0. The smallest absolute Gasteiger partial charge is 0.223 e. The van der Waals surface area contributed by atoms with Gasteiger partial charge in [-0.05, 0) is 31.5 Å². The summed E-state index contributed by atoms with van der Waals surface area (Å²) in [5, 5.41) is 5.09. The summed E-state index contributed by atoms with van der Waals surface area (Å²) in [6.07, 6.45) is 3.26. The molecular formula is C13H21ClN2OS. The largest absolute Gasteiger partial charge is 0.334 e. The molecule has 0 saturated carbocycles. The fourth-order valence-corrected chi connectivity index (χ4v) is 2.29. The molecule has 0 aliphatic rings. The van der Waals surface area contributed by atoms with Gasteiger partial charge in [-0.25, -0.2) is 0 Å². The Bertz CT molecular complexity index is 341. The number of nitrogens with zero attached hydrogens (tertiary/aromatic N) is 1. The molecule has 18 heavy (non-hydrogen) atoms. The van der Waals surface area contributed by atoms with Crippen molar-refractivity contribution in [2.45, 2.75) is 19.4 Å². The summed E-state index contributed by atoms with van der Waals surface area (Å²) in [4.78, 5) is 15.1. The number of carbonyl (C=O) groups excluding carboxylic acids is 1. The predicted octanol–water partition coefficient (Wildman–Crippen LogP) is 2.68. The minimum absolute atomic E-state index is 0. The molecule has 0 spiro atoms. The average Bonchev–Trinajstić information content (AvgIpc) is 2.81. The van der Waals surface area contributed by atoms with Crippen molar-refractivity contribution in [3.05, 3.63) is 35.0 Å². The Morgan fingerprint density at radius 3 is 2.94 bits per heavy atom. The topological polar surface area (TPSA) is 32.3 Å². The third kappa shape index (κ3) is 6.19. The number of hydrogen-bond donors (Lipinski definition) is 1. The van der Waals surface area contributed by atoms with Crippen molar-refractivity contribution in [1.29, 1.82) is 0 Å².